The number of carbonyl (C=O) groups is 1. The molecule has 2 N–H and O–H groups in total. The first-order valence-corrected chi connectivity index (χ1v) is 9.10. The molecular formula is C17H23BrFN3O. The van der Waals surface area contributed by atoms with Crippen molar-refractivity contribution in [1.82, 2.24) is 10.2 Å². The number of likely N-dealkylation sites (tertiary alicyclic amines) is 1. The number of amides is 1. The Kier molecular flexibility index (Phi) is 5.67. The second-order valence-electron chi connectivity index (χ2n) is 6.57. The van der Waals surface area contributed by atoms with Crippen LogP contribution in [0.5, 0.6) is 0 Å². The summed E-state index contributed by atoms with van der Waals surface area (Å²) in [5.74, 6) is 0.325. The van der Waals surface area contributed by atoms with Gasteiger partial charge in [-0.15, -0.1) is 0 Å². The van der Waals surface area contributed by atoms with Gasteiger partial charge in [-0.05, 0) is 56.3 Å². The highest BCUT2D eigenvalue weighted by Crippen LogP contribution is 2.28. The number of anilines is 1. The highest BCUT2D eigenvalue weighted by Gasteiger charge is 2.25. The van der Waals surface area contributed by atoms with Crippen molar-refractivity contribution in [3.63, 3.8) is 0 Å². The van der Waals surface area contributed by atoms with Gasteiger partial charge in [-0.1, -0.05) is 15.9 Å². The molecule has 1 aromatic rings. The minimum Gasteiger partial charge on any atom is -0.322 e. The third kappa shape index (κ3) is 5.26. The number of benzene rings is 1. The van der Waals surface area contributed by atoms with Crippen LogP contribution in [0.15, 0.2) is 22.7 Å². The summed E-state index contributed by atoms with van der Waals surface area (Å²) in [6.07, 6.45) is 4.90. The van der Waals surface area contributed by atoms with E-state index in [0.29, 0.717) is 17.1 Å². The minimum absolute atomic E-state index is 0.157. The molecule has 0 radical (unpaired) electrons. The zero-order chi connectivity index (χ0) is 16.2. The van der Waals surface area contributed by atoms with E-state index in [1.807, 2.05) is 0 Å². The SMILES string of the molecule is O=C(CN1CCC(NCC2CC2)CC1)Nc1ccc(Br)cc1F. The maximum Gasteiger partial charge on any atom is 0.238 e. The first-order chi connectivity index (χ1) is 11.1. The van der Waals surface area contributed by atoms with Crippen LogP contribution in [0.4, 0.5) is 10.1 Å². The Bertz CT molecular complexity index is 557. The molecule has 0 atom stereocenters. The number of hydrogen-bond acceptors (Lipinski definition) is 3. The zero-order valence-corrected chi connectivity index (χ0v) is 14.7. The Hall–Kier alpha value is -0.980. The molecule has 2 fully saturated rings. The molecule has 2 aliphatic rings. The van der Waals surface area contributed by atoms with Crippen LogP contribution < -0.4 is 10.6 Å². The van der Waals surface area contributed by atoms with Crippen LogP contribution in [-0.4, -0.2) is 43.0 Å². The fourth-order valence-electron chi connectivity index (χ4n) is 2.93. The van der Waals surface area contributed by atoms with Gasteiger partial charge in [0, 0.05) is 23.6 Å². The lowest BCUT2D eigenvalue weighted by molar-refractivity contribution is -0.117. The Balaban J connectivity index is 1.40. The largest absolute Gasteiger partial charge is 0.322 e. The van der Waals surface area contributed by atoms with E-state index in [1.54, 1.807) is 12.1 Å². The van der Waals surface area contributed by atoms with Gasteiger partial charge in [-0.25, -0.2) is 4.39 Å². The molecule has 3 rings (SSSR count). The van der Waals surface area contributed by atoms with E-state index >= 15 is 0 Å². The van der Waals surface area contributed by atoms with Crippen molar-refractivity contribution in [2.45, 2.75) is 31.7 Å². The van der Waals surface area contributed by atoms with E-state index in [1.165, 1.54) is 18.9 Å². The number of carbonyl (C=O) groups excluding carboxylic acids is 1. The number of nitrogens with one attached hydrogen (secondary N) is 2. The standard InChI is InChI=1S/C17H23BrFN3O/c18-13-3-4-16(15(19)9-13)21-17(23)11-22-7-5-14(6-8-22)20-10-12-1-2-12/h3-4,9,12,14,20H,1-2,5-8,10-11H2,(H,21,23). The molecule has 1 aliphatic heterocycles. The molecule has 0 bridgehead atoms. The molecule has 1 saturated heterocycles. The molecule has 0 unspecified atom stereocenters. The molecule has 126 valence electrons. The first-order valence-electron chi connectivity index (χ1n) is 8.31. The van der Waals surface area contributed by atoms with Crippen molar-refractivity contribution in [3.05, 3.63) is 28.5 Å². The van der Waals surface area contributed by atoms with E-state index in [9.17, 15) is 9.18 Å². The van der Waals surface area contributed by atoms with Crippen molar-refractivity contribution in [3.8, 4) is 0 Å². The van der Waals surface area contributed by atoms with Crippen molar-refractivity contribution in [2.75, 3.05) is 31.5 Å². The predicted molar refractivity (Wildman–Crippen MR) is 92.9 cm³/mol. The van der Waals surface area contributed by atoms with E-state index < -0.39 is 5.82 Å². The van der Waals surface area contributed by atoms with E-state index in [2.05, 4.69) is 31.5 Å². The van der Waals surface area contributed by atoms with Crippen LogP contribution in [-0.2, 0) is 4.79 Å². The van der Waals surface area contributed by atoms with Crippen LogP contribution in [0, 0.1) is 11.7 Å². The van der Waals surface area contributed by atoms with Crippen LogP contribution >= 0.6 is 15.9 Å². The summed E-state index contributed by atoms with van der Waals surface area (Å²) in [5.41, 5.74) is 0.235. The summed E-state index contributed by atoms with van der Waals surface area (Å²) in [6.45, 7) is 3.30. The Morgan fingerprint density at radius 3 is 2.65 bits per heavy atom. The van der Waals surface area contributed by atoms with E-state index in [4.69, 9.17) is 0 Å². The highest BCUT2D eigenvalue weighted by molar-refractivity contribution is 9.10. The van der Waals surface area contributed by atoms with Crippen molar-refractivity contribution in [2.24, 2.45) is 5.92 Å². The summed E-state index contributed by atoms with van der Waals surface area (Å²) in [6, 6.07) is 5.23. The molecule has 1 saturated carbocycles. The second kappa shape index (κ2) is 7.73. The Morgan fingerprint density at radius 2 is 2.00 bits per heavy atom. The van der Waals surface area contributed by atoms with Gasteiger partial charge in [0.15, 0.2) is 0 Å². The maximum absolute atomic E-state index is 13.7. The van der Waals surface area contributed by atoms with Crippen LogP contribution in [0.3, 0.4) is 0 Å². The van der Waals surface area contributed by atoms with Gasteiger partial charge >= 0.3 is 0 Å². The van der Waals surface area contributed by atoms with Gasteiger partial charge in [0.2, 0.25) is 5.91 Å². The van der Waals surface area contributed by atoms with Gasteiger partial charge in [-0.2, -0.15) is 0 Å². The average Bonchev–Trinajstić information content (AvgIpc) is 3.34. The van der Waals surface area contributed by atoms with Gasteiger partial charge < -0.3 is 10.6 Å². The fraction of sp³-hybridized carbons (Fsp3) is 0.588. The van der Waals surface area contributed by atoms with Crippen molar-refractivity contribution >= 4 is 27.5 Å². The molecule has 1 amide bonds. The topological polar surface area (TPSA) is 44.4 Å². The normalized spacial score (nSPS) is 19.7. The van der Waals surface area contributed by atoms with Crippen molar-refractivity contribution < 1.29 is 9.18 Å². The fourth-order valence-corrected chi connectivity index (χ4v) is 3.27. The van der Waals surface area contributed by atoms with E-state index in [0.717, 1.165) is 38.4 Å². The van der Waals surface area contributed by atoms with Crippen LogP contribution in [0.25, 0.3) is 0 Å². The number of piperidine rings is 1. The zero-order valence-electron chi connectivity index (χ0n) is 13.2. The number of halogens is 2. The molecule has 1 aliphatic carbocycles. The molecular weight excluding hydrogens is 361 g/mol. The van der Waals surface area contributed by atoms with Gasteiger partial charge in [0.05, 0.1) is 12.2 Å². The summed E-state index contributed by atoms with van der Waals surface area (Å²) in [5, 5.41) is 6.28. The molecule has 1 aromatic carbocycles. The van der Waals surface area contributed by atoms with Gasteiger partial charge in [-0.3, -0.25) is 9.69 Å². The first kappa shape index (κ1) is 16.9. The third-order valence-corrected chi connectivity index (χ3v) is 5.05. The predicted octanol–water partition coefficient (Wildman–Crippen LogP) is 2.99. The monoisotopic (exact) mass is 383 g/mol. The minimum atomic E-state index is -0.421. The summed E-state index contributed by atoms with van der Waals surface area (Å²) in [4.78, 5) is 14.2. The van der Waals surface area contributed by atoms with Gasteiger partial charge in [0.1, 0.15) is 5.82 Å². The summed E-state index contributed by atoms with van der Waals surface area (Å²) < 4.78 is 14.4. The lowest BCUT2D eigenvalue weighted by atomic mass is 10.0. The van der Waals surface area contributed by atoms with Crippen molar-refractivity contribution in [1.29, 1.82) is 0 Å². The number of rotatable bonds is 6. The highest BCUT2D eigenvalue weighted by atomic mass is 79.9. The smallest absolute Gasteiger partial charge is 0.238 e. The lowest BCUT2D eigenvalue weighted by Gasteiger charge is -2.32. The number of hydrogen-bond donors (Lipinski definition) is 2. The molecule has 23 heavy (non-hydrogen) atoms. The Labute approximate surface area is 144 Å². The molecule has 6 heteroatoms. The molecule has 4 nitrogen and oxygen atoms in total. The summed E-state index contributed by atoms with van der Waals surface area (Å²) >= 11 is 3.21. The second-order valence-corrected chi connectivity index (χ2v) is 7.49. The van der Waals surface area contributed by atoms with E-state index in [-0.39, 0.29) is 11.6 Å². The van der Waals surface area contributed by atoms with Crippen LogP contribution in [0.2, 0.25) is 0 Å². The quantitative estimate of drug-likeness (QED) is 0.793. The maximum atomic E-state index is 13.7. The third-order valence-electron chi connectivity index (χ3n) is 4.55. The molecule has 1 heterocycles. The lowest BCUT2D eigenvalue weighted by Crippen LogP contribution is -2.45. The molecule has 0 spiro atoms. The number of nitrogens with zero attached hydrogens (tertiary/aromatic N) is 1. The molecule has 0 aromatic heterocycles. The summed E-state index contributed by atoms with van der Waals surface area (Å²) in [7, 11) is 0. The average molecular weight is 384 g/mol. The van der Waals surface area contributed by atoms with Gasteiger partial charge in [0.25, 0.3) is 0 Å². The Morgan fingerprint density at radius 1 is 1.26 bits per heavy atom. The van der Waals surface area contributed by atoms with Crippen LogP contribution in [0.1, 0.15) is 25.7 Å².